The Morgan fingerprint density at radius 1 is 1.47 bits per heavy atom. The van der Waals surface area contributed by atoms with Crippen LogP contribution >= 0.6 is 44.1 Å². The summed E-state index contributed by atoms with van der Waals surface area (Å²) in [5.41, 5.74) is 0. The number of aromatic nitrogens is 2. The highest BCUT2D eigenvalue weighted by Gasteiger charge is 2.06. The first-order chi connectivity index (χ1) is 6.99. The number of halogens is 2. The molecule has 0 amide bonds. The fraction of sp³-hybridized carbons (Fsp3) is 0.375. The van der Waals surface area contributed by atoms with Crippen molar-refractivity contribution in [2.75, 3.05) is 5.32 Å². The molecular weight excluding hydrogens is 344 g/mol. The van der Waals surface area contributed by atoms with E-state index in [1.807, 2.05) is 13.8 Å². The summed E-state index contributed by atoms with van der Waals surface area (Å²) in [6, 6.07) is 0.284. The number of hydrogen-bond acceptors (Lipinski definition) is 3. The molecule has 2 N–H and O–H groups in total. The zero-order valence-electron chi connectivity index (χ0n) is 8.21. The van der Waals surface area contributed by atoms with Crippen molar-refractivity contribution in [1.82, 2.24) is 15.3 Å². The maximum atomic E-state index is 5.08. The third-order valence-electron chi connectivity index (χ3n) is 1.35. The van der Waals surface area contributed by atoms with Crippen molar-refractivity contribution in [3.8, 4) is 0 Å². The van der Waals surface area contributed by atoms with E-state index in [0.717, 1.165) is 0 Å². The van der Waals surface area contributed by atoms with Crippen molar-refractivity contribution in [3.63, 3.8) is 0 Å². The van der Waals surface area contributed by atoms with Crippen molar-refractivity contribution < 1.29 is 0 Å². The van der Waals surface area contributed by atoms with Gasteiger partial charge in [-0.05, 0) is 57.9 Å². The lowest BCUT2D eigenvalue weighted by Gasteiger charge is -2.12. The summed E-state index contributed by atoms with van der Waals surface area (Å²) in [5.74, 6) is 0.594. The van der Waals surface area contributed by atoms with Gasteiger partial charge in [0, 0.05) is 6.04 Å². The monoisotopic (exact) mass is 352 g/mol. The van der Waals surface area contributed by atoms with E-state index in [2.05, 4.69) is 52.5 Å². The Morgan fingerprint density at radius 2 is 2.13 bits per heavy atom. The standard InChI is InChI=1S/C8H10Br2N4S/c1-4(2)12-8(15)14-7-6(10)13-5(9)3-11-7/h3-4H,1-2H3,(H2,11,12,14,15). The average molecular weight is 354 g/mol. The van der Waals surface area contributed by atoms with Crippen LogP contribution in [0.2, 0.25) is 0 Å². The first kappa shape index (κ1) is 12.8. The molecule has 0 radical (unpaired) electrons. The van der Waals surface area contributed by atoms with E-state index in [-0.39, 0.29) is 6.04 Å². The molecule has 0 aromatic carbocycles. The maximum absolute atomic E-state index is 5.08. The summed E-state index contributed by atoms with van der Waals surface area (Å²) < 4.78 is 1.28. The summed E-state index contributed by atoms with van der Waals surface area (Å²) in [4.78, 5) is 8.26. The molecule has 0 saturated carbocycles. The number of rotatable bonds is 2. The molecule has 1 aromatic rings. The number of thiocarbonyl (C=S) groups is 1. The minimum atomic E-state index is 0.284. The Bertz CT molecular complexity index is 370. The van der Waals surface area contributed by atoms with Crippen molar-refractivity contribution >= 4 is 55.0 Å². The predicted octanol–water partition coefficient (Wildman–Crippen LogP) is 2.70. The predicted molar refractivity (Wildman–Crippen MR) is 71.9 cm³/mol. The molecule has 0 aliphatic carbocycles. The van der Waals surface area contributed by atoms with Crippen molar-refractivity contribution in [3.05, 3.63) is 15.4 Å². The molecule has 0 unspecified atom stereocenters. The molecule has 0 aliphatic rings. The molecular formula is C8H10Br2N4S. The van der Waals surface area contributed by atoms with Gasteiger partial charge in [0.2, 0.25) is 0 Å². The molecule has 82 valence electrons. The Kier molecular flexibility index (Phi) is 4.88. The van der Waals surface area contributed by atoms with Gasteiger partial charge in [0.1, 0.15) is 9.21 Å². The second-order valence-electron chi connectivity index (χ2n) is 3.09. The Hall–Kier alpha value is -0.270. The highest BCUT2D eigenvalue weighted by atomic mass is 79.9. The van der Waals surface area contributed by atoms with E-state index in [9.17, 15) is 0 Å². The quantitative estimate of drug-likeness (QED) is 0.800. The van der Waals surface area contributed by atoms with Gasteiger partial charge in [-0.25, -0.2) is 9.97 Å². The molecule has 0 aliphatic heterocycles. The van der Waals surface area contributed by atoms with Gasteiger partial charge in [0.05, 0.1) is 6.20 Å². The van der Waals surface area contributed by atoms with Gasteiger partial charge in [-0.1, -0.05) is 0 Å². The molecule has 0 saturated heterocycles. The largest absolute Gasteiger partial charge is 0.360 e. The van der Waals surface area contributed by atoms with Gasteiger partial charge in [-0.15, -0.1) is 0 Å². The van der Waals surface area contributed by atoms with Crippen molar-refractivity contribution in [2.24, 2.45) is 0 Å². The summed E-state index contributed by atoms with van der Waals surface area (Å²) in [6.07, 6.45) is 1.60. The summed E-state index contributed by atoms with van der Waals surface area (Å²) in [7, 11) is 0. The van der Waals surface area contributed by atoms with E-state index >= 15 is 0 Å². The fourth-order valence-electron chi connectivity index (χ4n) is 0.836. The van der Waals surface area contributed by atoms with Crippen LogP contribution in [0.1, 0.15) is 13.8 Å². The van der Waals surface area contributed by atoms with Crippen molar-refractivity contribution in [1.29, 1.82) is 0 Å². The van der Waals surface area contributed by atoms with Crippen LogP contribution in [0.15, 0.2) is 15.4 Å². The van der Waals surface area contributed by atoms with E-state index in [0.29, 0.717) is 20.1 Å². The highest BCUT2D eigenvalue weighted by molar-refractivity contribution is 9.11. The van der Waals surface area contributed by atoms with Crippen LogP contribution < -0.4 is 10.6 Å². The normalized spacial score (nSPS) is 10.2. The van der Waals surface area contributed by atoms with E-state index < -0.39 is 0 Å². The summed E-state index contributed by atoms with van der Waals surface area (Å²) in [5, 5.41) is 6.53. The van der Waals surface area contributed by atoms with Gasteiger partial charge < -0.3 is 10.6 Å². The van der Waals surface area contributed by atoms with Crippen LogP contribution in [0.25, 0.3) is 0 Å². The van der Waals surface area contributed by atoms with Crippen LogP contribution in [-0.2, 0) is 0 Å². The van der Waals surface area contributed by atoms with Gasteiger partial charge in [-0.2, -0.15) is 0 Å². The van der Waals surface area contributed by atoms with E-state index in [4.69, 9.17) is 12.2 Å². The third-order valence-corrected chi connectivity index (χ3v) is 2.51. The first-order valence-corrected chi connectivity index (χ1v) is 6.24. The summed E-state index contributed by atoms with van der Waals surface area (Å²) in [6.45, 7) is 4.02. The molecule has 0 spiro atoms. The molecule has 7 heteroatoms. The molecule has 0 bridgehead atoms. The minimum Gasteiger partial charge on any atom is -0.360 e. The highest BCUT2D eigenvalue weighted by Crippen LogP contribution is 2.19. The molecule has 1 heterocycles. The minimum absolute atomic E-state index is 0.284. The second-order valence-corrected chi connectivity index (χ2v) is 5.06. The zero-order valence-corrected chi connectivity index (χ0v) is 12.2. The van der Waals surface area contributed by atoms with Crippen LogP contribution in [0, 0.1) is 0 Å². The Labute approximate surface area is 111 Å². The first-order valence-electron chi connectivity index (χ1n) is 4.24. The lowest BCUT2D eigenvalue weighted by Crippen LogP contribution is -2.34. The number of hydrogen-bond donors (Lipinski definition) is 2. The van der Waals surface area contributed by atoms with Crippen LogP contribution in [0.4, 0.5) is 5.82 Å². The van der Waals surface area contributed by atoms with Crippen LogP contribution in [0.5, 0.6) is 0 Å². The summed E-state index contributed by atoms with van der Waals surface area (Å²) >= 11 is 11.6. The Morgan fingerprint density at radius 3 is 2.67 bits per heavy atom. The average Bonchev–Trinajstić information content (AvgIpc) is 2.08. The van der Waals surface area contributed by atoms with E-state index in [1.165, 1.54) is 0 Å². The molecule has 0 fully saturated rings. The Balaban J connectivity index is 2.68. The number of nitrogens with one attached hydrogen (secondary N) is 2. The number of anilines is 1. The van der Waals surface area contributed by atoms with Gasteiger partial charge in [-0.3, -0.25) is 0 Å². The van der Waals surface area contributed by atoms with Gasteiger partial charge in [0.15, 0.2) is 10.9 Å². The molecule has 1 aromatic heterocycles. The zero-order chi connectivity index (χ0) is 11.4. The maximum Gasteiger partial charge on any atom is 0.172 e. The second kappa shape index (κ2) is 5.72. The van der Waals surface area contributed by atoms with Crippen molar-refractivity contribution in [2.45, 2.75) is 19.9 Å². The van der Waals surface area contributed by atoms with Gasteiger partial charge in [0.25, 0.3) is 0 Å². The molecule has 4 nitrogen and oxygen atoms in total. The van der Waals surface area contributed by atoms with Crippen LogP contribution in [0.3, 0.4) is 0 Å². The van der Waals surface area contributed by atoms with Gasteiger partial charge >= 0.3 is 0 Å². The third kappa shape index (κ3) is 4.40. The molecule has 0 atom stereocenters. The smallest absolute Gasteiger partial charge is 0.172 e. The molecule has 1 rings (SSSR count). The SMILES string of the molecule is CC(C)NC(=S)Nc1ncc(Br)nc1Br. The lowest BCUT2D eigenvalue weighted by atomic mass is 10.4. The van der Waals surface area contributed by atoms with E-state index in [1.54, 1.807) is 6.20 Å². The molecule has 15 heavy (non-hydrogen) atoms. The topological polar surface area (TPSA) is 49.8 Å². The van der Waals surface area contributed by atoms with Crippen LogP contribution in [-0.4, -0.2) is 21.1 Å². The number of nitrogens with zero attached hydrogens (tertiary/aromatic N) is 2. The lowest BCUT2D eigenvalue weighted by molar-refractivity contribution is 0.739. The fourth-order valence-corrected chi connectivity index (χ4v) is 2.08.